The summed E-state index contributed by atoms with van der Waals surface area (Å²) >= 11 is 0. The van der Waals surface area contributed by atoms with Gasteiger partial charge in [0, 0.05) is 51.2 Å². The van der Waals surface area contributed by atoms with Crippen LogP contribution >= 0.6 is 0 Å². The van der Waals surface area contributed by atoms with Crippen molar-refractivity contribution >= 4 is 36.0 Å². The molecule has 11 nitrogen and oxygen atoms in total. The fourth-order valence-corrected chi connectivity index (χ4v) is 3.83. The molecule has 1 atom stereocenters. The van der Waals surface area contributed by atoms with Crippen molar-refractivity contribution in [2.45, 2.75) is 26.4 Å². The number of carbonyl (C=O) groups excluding carboxylic acids is 3. The number of piperazine rings is 1. The maximum absolute atomic E-state index is 14.8. The van der Waals surface area contributed by atoms with Crippen molar-refractivity contribution in [3.05, 3.63) is 54.2 Å². The van der Waals surface area contributed by atoms with Gasteiger partial charge in [-0.15, -0.1) is 0 Å². The molecule has 3 amide bonds. The van der Waals surface area contributed by atoms with Gasteiger partial charge in [0.25, 0.3) is 0 Å². The van der Waals surface area contributed by atoms with E-state index >= 15 is 0 Å². The van der Waals surface area contributed by atoms with E-state index in [0.29, 0.717) is 37.6 Å². The highest BCUT2D eigenvalue weighted by atomic mass is 19.1. The van der Waals surface area contributed by atoms with Gasteiger partial charge in [-0.1, -0.05) is 19.9 Å². The number of alkyl halides is 1. The largest absolute Gasteiger partial charge is 0.441 e. The van der Waals surface area contributed by atoms with E-state index in [4.69, 9.17) is 14.9 Å². The van der Waals surface area contributed by atoms with Crippen LogP contribution in [0.4, 0.5) is 25.0 Å². The summed E-state index contributed by atoms with van der Waals surface area (Å²) in [7, 11) is 0. The fourth-order valence-electron chi connectivity index (χ4n) is 3.83. The Bertz CT molecular complexity index is 1170. The van der Waals surface area contributed by atoms with Gasteiger partial charge in [0.1, 0.15) is 24.1 Å². The van der Waals surface area contributed by atoms with Crippen LogP contribution in [-0.4, -0.2) is 78.4 Å². The number of hydrogen-bond acceptors (Lipinski definition) is 7. The molecule has 206 valence electrons. The molecule has 4 rings (SSSR count). The molecular weight excluding hydrogens is 500 g/mol. The molecule has 0 spiro atoms. The molecule has 2 fully saturated rings. The predicted octanol–water partition coefficient (Wildman–Crippen LogP) is 2.13. The zero-order valence-electron chi connectivity index (χ0n) is 21.4. The van der Waals surface area contributed by atoms with Crippen LogP contribution in [0.1, 0.15) is 20.3 Å². The van der Waals surface area contributed by atoms with Crippen LogP contribution in [0.15, 0.2) is 42.9 Å². The zero-order valence-corrected chi connectivity index (χ0v) is 21.4. The van der Waals surface area contributed by atoms with Gasteiger partial charge in [-0.2, -0.15) is 0 Å². The lowest BCUT2D eigenvalue weighted by Gasteiger charge is -2.36. The summed E-state index contributed by atoms with van der Waals surface area (Å²) in [5, 5.41) is 7.74. The lowest BCUT2D eigenvalue weighted by atomic mass is 10.2. The van der Waals surface area contributed by atoms with E-state index in [2.05, 4.69) is 10.7 Å². The molecule has 2 aliphatic rings. The molecule has 2 aromatic rings. The molecule has 13 heteroatoms. The smallest absolute Gasteiger partial charge is 0.414 e. The number of cyclic esters (lactones) is 1. The maximum atomic E-state index is 14.8. The van der Waals surface area contributed by atoms with E-state index in [9.17, 15) is 18.4 Å². The average Bonchev–Trinajstić information content (AvgIpc) is 3.32. The minimum Gasteiger partial charge on any atom is -0.441 e. The number of nitrogens with two attached hydrogens (primary N) is 1. The standard InChI is InChI=1S/C22H24F2N6O3.C2H6.CH3NO/c23-13-17-15-30(22(32)33-17)16-3-4-19(18(24)12-16)27-8-10-29(11-9-27)21(31)2-1-6-28-7-5-26-14-20(28)25;1-2;2-1-3/h1,3-7,12,14,17,25H,2,8-11,13,15H2;1-2H3;1H,(H2,2,3)/b6-1+,25-20?;;. The fraction of sp³-hybridized carbons (Fsp3) is 0.400. The number of nitrogens with zero attached hydrogens (tertiary/aromatic N) is 5. The van der Waals surface area contributed by atoms with Gasteiger partial charge >= 0.3 is 6.09 Å². The normalized spacial score (nSPS) is 16.8. The highest BCUT2D eigenvalue weighted by molar-refractivity contribution is 5.90. The second kappa shape index (κ2) is 15.1. The van der Waals surface area contributed by atoms with E-state index in [1.54, 1.807) is 46.3 Å². The Morgan fingerprint density at radius 3 is 2.53 bits per heavy atom. The van der Waals surface area contributed by atoms with Gasteiger partial charge in [-0.3, -0.25) is 24.9 Å². The van der Waals surface area contributed by atoms with Gasteiger partial charge in [0.15, 0.2) is 0 Å². The molecule has 38 heavy (non-hydrogen) atoms. The number of carbonyl (C=O) groups is 3. The summed E-state index contributed by atoms with van der Waals surface area (Å²) < 4.78 is 34.0. The number of rotatable bonds is 6. The first-order chi connectivity index (χ1) is 18.4. The van der Waals surface area contributed by atoms with Crippen LogP contribution < -0.4 is 21.0 Å². The van der Waals surface area contributed by atoms with Crippen LogP contribution in [0, 0.1) is 11.2 Å². The summed E-state index contributed by atoms with van der Waals surface area (Å²) in [4.78, 5) is 41.6. The number of ether oxygens (including phenoxy) is 1. The summed E-state index contributed by atoms with van der Waals surface area (Å²) in [6, 6.07) is 4.45. The summed E-state index contributed by atoms with van der Waals surface area (Å²) in [6.07, 6.45) is 6.88. The summed E-state index contributed by atoms with van der Waals surface area (Å²) in [5.74, 6) is -0.537. The lowest BCUT2D eigenvalue weighted by molar-refractivity contribution is -0.130. The first kappa shape index (κ1) is 29.9. The first-order valence-corrected chi connectivity index (χ1v) is 12.1. The third kappa shape index (κ3) is 7.85. The van der Waals surface area contributed by atoms with Crippen LogP contribution in [0.5, 0.6) is 0 Å². The lowest BCUT2D eigenvalue weighted by Crippen LogP contribution is -2.48. The summed E-state index contributed by atoms with van der Waals surface area (Å²) in [5.41, 5.74) is 5.09. The predicted molar refractivity (Wildman–Crippen MR) is 138 cm³/mol. The van der Waals surface area contributed by atoms with Crippen molar-refractivity contribution in [2.24, 2.45) is 5.73 Å². The van der Waals surface area contributed by atoms with Crippen molar-refractivity contribution < 1.29 is 27.9 Å². The minimum atomic E-state index is -0.835. The van der Waals surface area contributed by atoms with E-state index in [0.717, 1.165) is 0 Å². The number of amides is 3. The molecule has 0 radical (unpaired) electrons. The minimum absolute atomic E-state index is 0.0436. The molecule has 1 unspecified atom stereocenters. The van der Waals surface area contributed by atoms with E-state index in [-0.39, 0.29) is 30.8 Å². The molecule has 0 saturated carbocycles. The van der Waals surface area contributed by atoms with Gasteiger partial charge in [0.05, 0.1) is 24.1 Å². The zero-order chi connectivity index (χ0) is 28.1. The number of nitrogens with one attached hydrogen (secondary N) is 1. The van der Waals surface area contributed by atoms with Gasteiger partial charge in [-0.05, 0) is 18.2 Å². The molecule has 1 aromatic carbocycles. The molecule has 3 N–H and O–H groups in total. The third-order valence-electron chi connectivity index (χ3n) is 5.61. The Labute approximate surface area is 219 Å². The monoisotopic (exact) mass is 533 g/mol. The highest BCUT2D eigenvalue weighted by Gasteiger charge is 2.33. The van der Waals surface area contributed by atoms with Gasteiger partial charge in [0.2, 0.25) is 12.3 Å². The van der Waals surface area contributed by atoms with Crippen molar-refractivity contribution in [2.75, 3.05) is 49.2 Å². The Morgan fingerprint density at radius 2 is 1.95 bits per heavy atom. The Kier molecular flexibility index (Phi) is 11.9. The number of halogens is 2. The van der Waals surface area contributed by atoms with Crippen molar-refractivity contribution in [3.63, 3.8) is 0 Å². The molecule has 2 aliphatic heterocycles. The molecule has 1 aromatic heterocycles. The Morgan fingerprint density at radius 1 is 1.26 bits per heavy atom. The second-order valence-corrected chi connectivity index (χ2v) is 7.87. The number of primary amides is 1. The third-order valence-corrected chi connectivity index (χ3v) is 5.61. The highest BCUT2D eigenvalue weighted by Crippen LogP contribution is 2.28. The van der Waals surface area contributed by atoms with E-state index < -0.39 is 24.7 Å². The van der Waals surface area contributed by atoms with Crippen molar-refractivity contribution in [1.82, 2.24) is 14.5 Å². The molecule has 2 saturated heterocycles. The molecule has 3 heterocycles. The van der Waals surface area contributed by atoms with E-state index in [1.165, 1.54) is 17.2 Å². The van der Waals surface area contributed by atoms with E-state index in [1.807, 2.05) is 18.7 Å². The summed E-state index contributed by atoms with van der Waals surface area (Å²) in [6.45, 7) is 5.11. The average molecular weight is 534 g/mol. The SMILES string of the molecule is CC.N=c1cnccn1/C=C/CC(=O)N1CCN(c2ccc(N3CC(CF)OC3=O)cc2F)CC1.NC=O. The molecular formula is C25H33F2N7O4. The Hall–Kier alpha value is -4.29. The molecule has 0 aliphatic carbocycles. The van der Waals surface area contributed by atoms with Crippen LogP contribution in [0.2, 0.25) is 0 Å². The van der Waals surface area contributed by atoms with Crippen LogP contribution in [0.3, 0.4) is 0 Å². The van der Waals surface area contributed by atoms with Crippen molar-refractivity contribution in [3.8, 4) is 0 Å². The topological polar surface area (TPSA) is 138 Å². The second-order valence-electron chi connectivity index (χ2n) is 7.87. The van der Waals surface area contributed by atoms with Crippen LogP contribution in [0.25, 0.3) is 6.20 Å². The Balaban J connectivity index is 0.000000947. The number of anilines is 2. The number of benzene rings is 1. The van der Waals surface area contributed by atoms with Gasteiger partial charge < -0.3 is 24.8 Å². The number of aromatic nitrogens is 2. The van der Waals surface area contributed by atoms with Crippen LogP contribution in [-0.2, 0) is 14.3 Å². The van der Waals surface area contributed by atoms with Crippen molar-refractivity contribution in [1.29, 1.82) is 5.41 Å². The molecule has 0 bridgehead atoms. The quantitative estimate of drug-likeness (QED) is 0.546. The first-order valence-electron chi connectivity index (χ1n) is 12.1. The maximum Gasteiger partial charge on any atom is 0.414 e. The number of hydrogen-bond donors (Lipinski definition) is 2. The van der Waals surface area contributed by atoms with Gasteiger partial charge in [-0.25, -0.2) is 13.6 Å².